The maximum Gasteiger partial charge on any atom is 0.264 e. The van der Waals surface area contributed by atoms with E-state index in [2.05, 4.69) is 19.1 Å². The summed E-state index contributed by atoms with van der Waals surface area (Å²) in [6.45, 7) is 7.44. The lowest BCUT2D eigenvalue weighted by Gasteiger charge is -2.35. The van der Waals surface area contributed by atoms with Crippen molar-refractivity contribution in [3.8, 4) is 10.4 Å². The van der Waals surface area contributed by atoms with Gasteiger partial charge in [0.15, 0.2) is 0 Å². The number of ether oxygens (including phenoxy) is 1. The van der Waals surface area contributed by atoms with Gasteiger partial charge >= 0.3 is 0 Å². The Bertz CT molecular complexity index is 655. The molecule has 0 N–H and O–H groups in total. The van der Waals surface area contributed by atoms with Gasteiger partial charge in [0, 0.05) is 18.0 Å². The fraction of sp³-hybridized carbons (Fsp3) is 0.389. The van der Waals surface area contributed by atoms with Gasteiger partial charge in [0.05, 0.1) is 17.1 Å². The first kappa shape index (κ1) is 15.3. The molecule has 1 saturated heterocycles. The molecule has 0 aliphatic carbocycles. The summed E-state index contributed by atoms with van der Waals surface area (Å²) in [6.07, 6.45) is 0.199. The van der Waals surface area contributed by atoms with E-state index in [1.807, 2.05) is 43.0 Å². The Labute approximate surface area is 135 Å². The van der Waals surface area contributed by atoms with Crippen LogP contribution in [0.15, 0.2) is 36.4 Å². The van der Waals surface area contributed by atoms with E-state index in [1.54, 1.807) is 11.3 Å². The molecule has 116 valence electrons. The number of carbonyl (C=O) groups is 1. The first-order valence-electron chi connectivity index (χ1n) is 7.65. The summed E-state index contributed by atoms with van der Waals surface area (Å²) in [7, 11) is 0. The highest BCUT2D eigenvalue weighted by Crippen LogP contribution is 2.33. The highest BCUT2D eigenvalue weighted by molar-refractivity contribution is 7.17. The molecule has 0 saturated carbocycles. The molecule has 1 aromatic carbocycles. The van der Waals surface area contributed by atoms with Crippen LogP contribution in [-0.2, 0) is 4.74 Å². The predicted octanol–water partition coefficient (Wildman–Crippen LogP) is 3.97. The van der Waals surface area contributed by atoms with Crippen LogP contribution in [0.2, 0.25) is 0 Å². The number of aryl methyl sites for hydroxylation is 1. The van der Waals surface area contributed by atoms with Crippen molar-refractivity contribution in [3.05, 3.63) is 46.8 Å². The summed E-state index contributed by atoms with van der Waals surface area (Å²) in [5.41, 5.74) is 2.33. The zero-order valence-corrected chi connectivity index (χ0v) is 14.0. The number of thiophene rings is 1. The third-order valence-electron chi connectivity index (χ3n) is 3.87. The van der Waals surface area contributed by atoms with E-state index in [0.717, 1.165) is 10.4 Å². The molecule has 1 aliphatic heterocycles. The van der Waals surface area contributed by atoms with E-state index >= 15 is 0 Å². The second-order valence-corrected chi connectivity index (χ2v) is 7.01. The highest BCUT2D eigenvalue weighted by Gasteiger charge is 2.27. The quantitative estimate of drug-likeness (QED) is 0.839. The van der Waals surface area contributed by atoms with Crippen LogP contribution >= 0.6 is 11.3 Å². The van der Waals surface area contributed by atoms with Crippen LogP contribution in [0.5, 0.6) is 0 Å². The smallest absolute Gasteiger partial charge is 0.264 e. The summed E-state index contributed by atoms with van der Waals surface area (Å²) in [4.78, 5) is 16.7. The average molecular weight is 315 g/mol. The molecule has 0 spiro atoms. The molecule has 1 aromatic heterocycles. The maximum absolute atomic E-state index is 12.8. The zero-order valence-electron chi connectivity index (χ0n) is 13.2. The Kier molecular flexibility index (Phi) is 4.32. The number of rotatable bonds is 2. The molecular formula is C18H21NO2S. The van der Waals surface area contributed by atoms with Crippen LogP contribution in [-0.4, -0.2) is 36.1 Å². The SMILES string of the molecule is Cc1cc(C(=O)N2CC(C)OC(C)C2)sc1-c1ccccc1. The number of amides is 1. The van der Waals surface area contributed by atoms with Gasteiger partial charge < -0.3 is 9.64 Å². The van der Waals surface area contributed by atoms with Crippen molar-refractivity contribution in [2.75, 3.05) is 13.1 Å². The van der Waals surface area contributed by atoms with E-state index in [0.29, 0.717) is 13.1 Å². The van der Waals surface area contributed by atoms with Crippen molar-refractivity contribution in [2.24, 2.45) is 0 Å². The number of hydrogen-bond donors (Lipinski definition) is 0. The molecule has 22 heavy (non-hydrogen) atoms. The first-order chi connectivity index (χ1) is 10.5. The van der Waals surface area contributed by atoms with Gasteiger partial charge in [0.1, 0.15) is 0 Å². The van der Waals surface area contributed by atoms with Gasteiger partial charge in [-0.25, -0.2) is 0 Å². The Morgan fingerprint density at radius 2 is 1.82 bits per heavy atom. The first-order valence-corrected chi connectivity index (χ1v) is 8.47. The van der Waals surface area contributed by atoms with Crippen LogP contribution < -0.4 is 0 Å². The summed E-state index contributed by atoms with van der Waals surface area (Å²) in [5.74, 6) is 0.122. The lowest BCUT2D eigenvalue weighted by Crippen LogP contribution is -2.48. The summed E-state index contributed by atoms with van der Waals surface area (Å²) in [5, 5.41) is 0. The van der Waals surface area contributed by atoms with Gasteiger partial charge in [-0.15, -0.1) is 11.3 Å². The Balaban J connectivity index is 1.85. The number of benzene rings is 1. The fourth-order valence-corrected chi connectivity index (χ4v) is 4.11. The third kappa shape index (κ3) is 3.08. The minimum absolute atomic E-state index is 0.0994. The molecule has 1 amide bonds. The molecule has 3 rings (SSSR count). The van der Waals surface area contributed by atoms with Gasteiger partial charge in [0.25, 0.3) is 5.91 Å². The second-order valence-electron chi connectivity index (χ2n) is 5.96. The van der Waals surface area contributed by atoms with Crippen molar-refractivity contribution in [3.63, 3.8) is 0 Å². The van der Waals surface area contributed by atoms with Crippen molar-refractivity contribution in [2.45, 2.75) is 33.0 Å². The molecule has 1 fully saturated rings. The van der Waals surface area contributed by atoms with Gasteiger partial charge in [-0.2, -0.15) is 0 Å². The lowest BCUT2D eigenvalue weighted by atomic mass is 10.1. The summed E-state index contributed by atoms with van der Waals surface area (Å²) in [6, 6.07) is 12.3. The second kappa shape index (κ2) is 6.23. The van der Waals surface area contributed by atoms with Crippen LogP contribution in [0, 0.1) is 6.92 Å². The molecule has 1 aliphatic rings. The number of carbonyl (C=O) groups excluding carboxylic acids is 1. The van der Waals surface area contributed by atoms with Gasteiger partial charge in [-0.1, -0.05) is 30.3 Å². The van der Waals surface area contributed by atoms with Gasteiger partial charge in [-0.05, 0) is 38.0 Å². The van der Waals surface area contributed by atoms with E-state index in [9.17, 15) is 4.79 Å². The molecule has 2 aromatic rings. The Morgan fingerprint density at radius 3 is 2.45 bits per heavy atom. The van der Waals surface area contributed by atoms with Gasteiger partial charge in [-0.3, -0.25) is 4.79 Å². The largest absolute Gasteiger partial charge is 0.372 e. The monoisotopic (exact) mass is 315 g/mol. The molecule has 2 atom stereocenters. The van der Waals surface area contributed by atoms with E-state index in [4.69, 9.17) is 4.74 Å². The fourth-order valence-electron chi connectivity index (χ4n) is 2.96. The number of morpholine rings is 1. The van der Waals surface area contributed by atoms with E-state index in [1.165, 1.54) is 10.4 Å². The van der Waals surface area contributed by atoms with Crippen LogP contribution in [0.25, 0.3) is 10.4 Å². The topological polar surface area (TPSA) is 29.5 Å². The number of hydrogen-bond acceptors (Lipinski definition) is 3. The summed E-state index contributed by atoms with van der Waals surface area (Å²) < 4.78 is 5.71. The third-order valence-corrected chi connectivity index (χ3v) is 5.15. The van der Waals surface area contributed by atoms with Crippen molar-refractivity contribution in [1.82, 2.24) is 4.90 Å². The van der Waals surface area contributed by atoms with Crippen molar-refractivity contribution < 1.29 is 9.53 Å². The van der Waals surface area contributed by atoms with E-state index in [-0.39, 0.29) is 18.1 Å². The predicted molar refractivity (Wildman–Crippen MR) is 90.4 cm³/mol. The van der Waals surface area contributed by atoms with Crippen LogP contribution in [0.1, 0.15) is 29.1 Å². The molecular weight excluding hydrogens is 294 g/mol. The summed E-state index contributed by atoms with van der Waals surface area (Å²) >= 11 is 1.58. The van der Waals surface area contributed by atoms with Crippen LogP contribution in [0.4, 0.5) is 0 Å². The zero-order chi connectivity index (χ0) is 15.7. The van der Waals surface area contributed by atoms with Gasteiger partial charge in [0.2, 0.25) is 0 Å². The highest BCUT2D eigenvalue weighted by atomic mass is 32.1. The molecule has 0 bridgehead atoms. The Hall–Kier alpha value is -1.65. The minimum atomic E-state index is 0.0994. The standard InChI is InChI=1S/C18H21NO2S/c1-12-9-16(22-17(12)15-7-5-4-6-8-15)18(20)19-10-13(2)21-14(3)11-19/h4-9,13-14H,10-11H2,1-3H3. The molecule has 4 heteroatoms. The maximum atomic E-state index is 12.8. The molecule has 3 nitrogen and oxygen atoms in total. The normalized spacial score (nSPS) is 21.9. The molecule has 0 radical (unpaired) electrons. The van der Waals surface area contributed by atoms with Crippen molar-refractivity contribution in [1.29, 1.82) is 0 Å². The number of nitrogens with zero attached hydrogens (tertiary/aromatic N) is 1. The van der Waals surface area contributed by atoms with Crippen LogP contribution in [0.3, 0.4) is 0 Å². The lowest BCUT2D eigenvalue weighted by molar-refractivity contribution is -0.0585. The molecule has 2 unspecified atom stereocenters. The van der Waals surface area contributed by atoms with Crippen molar-refractivity contribution >= 4 is 17.2 Å². The average Bonchev–Trinajstić information content (AvgIpc) is 2.88. The van der Waals surface area contributed by atoms with E-state index < -0.39 is 0 Å². The molecule has 2 heterocycles. The Morgan fingerprint density at radius 1 is 1.18 bits per heavy atom. The minimum Gasteiger partial charge on any atom is -0.372 e.